The van der Waals surface area contributed by atoms with Crippen LogP contribution in [0.4, 0.5) is 5.82 Å². The highest BCUT2D eigenvalue weighted by Gasteiger charge is 2.51. The van der Waals surface area contributed by atoms with E-state index in [1.807, 2.05) is 4.90 Å². The summed E-state index contributed by atoms with van der Waals surface area (Å²) in [5, 5.41) is 9.92. The van der Waals surface area contributed by atoms with Crippen LogP contribution in [0.1, 0.15) is 41.1 Å². The Labute approximate surface area is 179 Å². The van der Waals surface area contributed by atoms with E-state index in [1.165, 1.54) is 12.3 Å². The first-order valence-electron chi connectivity index (χ1n) is 9.65. The standard InChI is InChI=1S/C21H21ClN2O5S/c1-30(28,29)15-8-9-23-21-17(15)18(20(27)12-4-6-14(22)7-5-12)19-13(11-16(25)26)3-2-10-24(19)21/h4-9,13,18-19H,2-3,10-11H2,1H3,(H,25,26). The molecular formula is C21H21ClN2O5S. The maximum atomic E-state index is 13.6. The van der Waals surface area contributed by atoms with Crippen molar-refractivity contribution in [2.75, 3.05) is 17.7 Å². The van der Waals surface area contributed by atoms with E-state index in [0.717, 1.165) is 12.7 Å². The molecule has 1 fully saturated rings. The number of benzene rings is 1. The fourth-order valence-corrected chi connectivity index (χ4v) is 5.84. The van der Waals surface area contributed by atoms with Crippen LogP contribution in [0.5, 0.6) is 0 Å². The van der Waals surface area contributed by atoms with Crippen LogP contribution >= 0.6 is 11.6 Å². The number of ketones is 1. The molecule has 1 N–H and O–H groups in total. The lowest BCUT2D eigenvalue weighted by Gasteiger charge is -2.39. The first kappa shape index (κ1) is 20.8. The third-order valence-corrected chi connectivity index (χ3v) is 7.32. The minimum Gasteiger partial charge on any atom is -0.481 e. The van der Waals surface area contributed by atoms with Crippen LogP contribution in [0.3, 0.4) is 0 Å². The van der Waals surface area contributed by atoms with Gasteiger partial charge in [0.1, 0.15) is 5.82 Å². The Kier molecular flexibility index (Phi) is 5.32. The predicted molar refractivity (Wildman–Crippen MR) is 112 cm³/mol. The molecule has 30 heavy (non-hydrogen) atoms. The van der Waals surface area contributed by atoms with Gasteiger partial charge in [-0.1, -0.05) is 11.6 Å². The quantitative estimate of drug-likeness (QED) is 0.700. The summed E-state index contributed by atoms with van der Waals surface area (Å²) in [5.74, 6) is -1.84. The zero-order chi connectivity index (χ0) is 21.6. The fourth-order valence-electron chi connectivity index (χ4n) is 4.78. The zero-order valence-electron chi connectivity index (χ0n) is 16.3. The minimum absolute atomic E-state index is 0.0725. The number of anilines is 1. The summed E-state index contributed by atoms with van der Waals surface area (Å²) < 4.78 is 25.1. The maximum absolute atomic E-state index is 13.6. The van der Waals surface area contributed by atoms with Gasteiger partial charge in [0.2, 0.25) is 0 Å². The molecule has 1 saturated heterocycles. The van der Waals surface area contributed by atoms with Gasteiger partial charge in [0.15, 0.2) is 15.6 Å². The number of rotatable bonds is 5. The van der Waals surface area contributed by atoms with Gasteiger partial charge in [0, 0.05) is 41.2 Å². The smallest absolute Gasteiger partial charge is 0.303 e. The average Bonchev–Trinajstić information content (AvgIpc) is 3.02. The van der Waals surface area contributed by atoms with Crippen LogP contribution in [-0.4, -0.2) is 49.1 Å². The minimum atomic E-state index is -3.62. The molecule has 0 radical (unpaired) electrons. The van der Waals surface area contributed by atoms with Crippen molar-refractivity contribution in [3.8, 4) is 0 Å². The molecule has 0 spiro atoms. The molecular weight excluding hydrogens is 428 g/mol. The molecule has 1 aromatic carbocycles. The van der Waals surface area contributed by atoms with Gasteiger partial charge in [-0.05, 0) is 49.1 Å². The number of nitrogens with zero attached hydrogens (tertiary/aromatic N) is 2. The Hall–Kier alpha value is -2.45. The van der Waals surface area contributed by atoms with E-state index in [1.54, 1.807) is 24.3 Å². The van der Waals surface area contributed by atoms with E-state index in [9.17, 15) is 23.1 Å². The van der Waals surface area contributed by atoms with Gasteiger partial charge < -0.3 is 10.0 Å². The Morgan fingerprint density at radius 1 is 1.23 bits per heavy atom. The molecule has 2 aromatic rings. The number of hydrogen-bond acceptors (Lipinski definition) is 6. The number of aliphatic carboxylic acids is 1. The molecule has 158 valence electrons. The highest BCUT2D eigenvalue weighted by molar-refractivity contribution is 7.90. The number of pyridine rings is 1. The van der Waals surface area contributed by atoms with E-state index in [4.69, 9.17) is 11.6 Å². The van der Waals surface area contributed by atoms with Crippen LogP contribution in [0.15, 0.2) is 41.4 Å². The number of halogens is 1. The number of piperidine rings is 1. The molecule has 2 aliphatic rings. The average molecular weight is 449 g/mol. The lowest BCUT2D eigenvalue weighted by Crippen LogP contribution is -2.47. The molecule has 7 nitrogen and oxygen atoms in total. The van der Waals surface area contributed by atoms with E-state index >= 15 is 0 Å². The van der Waals surface area contributed by atoms with Crippen LogP contribution in [0, 0.1) is 5.92 Å². The zero-order valence-corrected chi connectivity index (χ0v) is 17.9. The van der Waals surface area contributed by atoms with Gasteiger partial charge in [-0.3, -0.25) is 9.59 Å². The number of carboxylic acids is 1. The third-order valence-electron chi connectivity index (χ3n) is 5.92. The molecule has 2 aliphatic heterocycles. The largest absolute Gasteiger partial charge is 0.481 e. The van der Waals surface area contributed by atoms with Crippen molar-refractivity contribution >= 4 is 39.0 Å². The maximum Gasteiger partial charge on any atom is 0.303 e. The molecule has 3 atom stereocenters. The lowest BCUT2D eigenvalue weighted by atomic mass is 9.77. The summed E-state index contributed by atoms with van der Waals surface area (Å²) in [6.45, 7) is 0.596. The number of aromatic nitrogens is 1. The molecule has 0 bridgehead atoms. The Balaban J connectivity index is 1.91. The van der Waals surface area contributed by atoms with Crippen molar-refractivity contribution < 1.29 is 23.1 Å². The van der Waals surface area contributed by atoms with Gasteiger partial charge in [-0.15, -0.1) is 0 Å². The fraction of sp³-hybridized carbons (Fsp3) is 0.381. The highest BCUT2D eigenvalue weighted by Crippen LogP contribution is 2.50. The van der Waals surface area contributed by atoms with Gasteiger partial charge in [0.05, 0.1) is 17.2 Å². The number of sulfone groups is 1. The highest BCUT2D eigenvalue weighted by atomic mass is 35.5. The summed E-state index contributed by atoms with van der Waals surface area (Å²) in [5.41, 5.74) is 0.780. The molecule has 1 aromatic heterocycles. The molecule has 3 heterocycles. The van der Waals surface area contributed by atoms with E-state index in [2.05, 4.69) is 4.98 Å². The number of carbonyl (C=O) groups is 2. The normalized spacial score (nSPS) is 23.0. The van der Waals surface area contributed by atoms with Gasteiger partial charge in [0.25, 0.3) is 0 Å². The van der Waals surface area contributed by atoms with Crippen LogP contribution < -0.4 is 4.90 Å². The summed E-state index contributed by atoms with van der Waals surface area (Å²) >= 11 is 5.96. The third kappa shape index (κ3) is 3.58. The monoisotopic (exact) mass is 448 g/mol. The first-order chi connectivity index (χ1) is 14.2. The van der Waals surface area contributed by atoms with Crippen molar-refractivity contribution in [2.24, 2.45) is 5.92 Å². The Morgan fingerprint density at radius 3 is 2.57 bits per heavy atom. The predicted octanol–water partition coefficient (Wildman–Crippen LogP) is 3.18. The summed E-state index contributed by atoms with van der Waals surface area (Å²) in [6, 6.07) is 7.40. The van der Waals surface area contributed by atoms with Crippen molar-refractivity contribution in [3.63, 3.8) is 0 Å². The number of fused-ring (bicyclic) bond motifs is 3. The summed E-state index contributed by atoms with van der Waals surface area (Å²) in [7, 11) is -3.62. The van der Waals surface area contributed by atoms with E-state index < -0.39 is 27.8 Å². The van der Waals surface area contributed by atoms with Crippen LogP contribution in [-0.2, 0) is 14.6 Å². The molecule has 0 aliphatic carbocycles. The SMILES string of the molecule is CS(=O)(=O)c1ccnc2c1C(C(=O)c1ccc(Cl)cc1)C1C(CC(=O)O)CCCN21. The van der Waals surface area contributed by atoms with E-state index in [0.29, 0.717) is 34.9 Å². The van der Waals surface area contributed by atoms with Gasteiger partial charge >= 0.3 is 5.97 Å². The van der Waals surface area contributed by atoms with Crippen molar-refractivity contribution in [1.82, 2.24) is 4.98 Å². The van der Waals surface area contributed by atoms with Crippen molar-refractivity contribution in [3.05, 3.63) is 52.7 Å². The Bertz CT molecular complexity index is 1120. The second-order valence-corrected chi connectivity index (χ2v) is 10.3. The second kappa shape index (κ2) is 7.67. The van der Waals surface area contributed by atoms with Crippen molar-refractivity contribution in [2.45, 2.75) is 36.1 Å². The van der Waals surface area contributed by atoms with Gasteiger partial charge in [-0.2, -0.15) is 0 Å². The summed E-state index contributed by atoms with van der Waals surface area (Å²) in [6.07, 6.45) is 3.86. The molecule has 0 amide bonds. The number of carbonyl (C=O) groups excluding carboxylic acids is 1. The number of Topliss-reactive ketones (excluding diaryl/α,β-unsaturated/α-hetero) is 1. The molecule has 3 unspecified atom stereocenters. The molecule has 4 rings (SSSR count). The molecule has 9 heteroatoms. The Morgan fingerprint density at radius 2 is 1.93 bits per heavy atom. The van der Waals surface area contributed by atoms with E-state index in [-0.39, 0.29) is 23.0 Å². The number of carboxylic acid groups (broad SMARTS) is 1. The summed E-state index contributed by atoms with van der Waals surface area (Å²) in [4.78, 5) is 31.6. The van der Waals surface area contributed by atoms with Gasteiger partial charge in [-0.25, -0.2) is 13.4 Å². The number of hydrogen-bond donors (Lipinski definition) is 1. The second-order valence-electron chi connectivity index (χ2n) is 7.85. The van der Waals surface area contributed by atoms with Crippen molar-refractivity contribution in [1.29, 1.82) is 0 Å². The first-order valence-corrected chi connectivity index (χ1v) is 11.9. The lowest BCUT2D eigenvalue weighted by molar-refractivity contribution is -0.138. The van der Waals surface area contributed by atoms with Crippen LogP contribution in [0.25, 0.3) is 0 Å². The topological polar surface area (TPSA) is 105 Å². The van der Waals surface area contributed by atoms with Crippen LogP contribution in [0.2, 0.25) is 5.02 Å². The molecule has 0 saturated carbocycles.